The van der Waals surface area contributed by atoms with E-state index in [-0.39, 0.29) is 22.8 Å². The topological polar surface area (TPSA) is 130 Å². The van der Waals surface area contributed by atoms with E-state index in [1.807, 2.05) is 37.0 Å². The van der Waals surface area contributed by atoms with Crippen LogP contribution in [0.2, 0.25) is 0 Å². The van der Waals surface area contributed by atoms with E-state index >= 15 is 0 Å². The highest BCUT2D eigenvalue weighted by Gasteiger charge is 2.37. The number of rotatable bonds is 9. The van der Waals surface area contributed by atoms with E-state index in [0.717, 1.165) is 43.7 Å². The highest BCUT2D eigenvalue weighted by Crippen LogP contribution is 2.24. The van der Waals surface area contributed by atoms with Crippen LogP contribution in [-0.4, -0.2) is 90.6 Å². The van der Waals surface area contributed by atoms with Gasteiger partial charge in [0.25, 0.3) is 5.69 Å². The number of aliphatic hydroxyl groups excluding tert-OH is 2. The molecule has 4 rings (SSSR count). The third-order valence-corrected chi connectivity index (χ3v) is 6.93. The van der Waals surface area contributed by atoms with Gasteiger partial charge in [-0.3, -0.25) is 19.7 Å². The second kappa shape index (κ2) is 10.9. The second-order valence-electron chi connectivity index (χ2n) is 9.48. The molecule has 5 atom stereocenters. The summed E-state index contributed by atoms with van der Waals surface area (Å²) in [5.41, 5.74) is 2.07. The number of nitro benzene ring substituents is 1. The maximum absolute atomic E-state index is 10.9. The Hall–Kier alpha value is -2.44. The molecule has 11 nitrogen and oxygen atoms in total. The Morgan fingerprint density at radius 2 is 2.06 bits per heavy atom. The van der Waals surface area contributed by atoms with Crippen LogP contribution in [0.5, 0.6) is 0 Å². The monoisotopic (exact) mass is 474 g/mol. The number of nitro groups is 1. The van der Waals surface area contributed by atoms with Gasteiger partial charge in [0.15, 0.2) is 6.29 Å². The number of likely N-dealkylation sites (N-methyl/N-ethyl adjacent to an activating group) is 1. The van der Waals surface area contributed by atoms with E-state index in [4.69, 9.17) is 4.74 Å². The first-order chi connectivity index (χ1) is 16.3. The number of benzene rings is 1. The van der Waals surface area contributed by atoms with Crippen molar-refractivity contribution in [1.29, 1.82) is 0 Å². The average molecular weight is 475 g/mol. The first-order valence-corrected chi connectivity index (χ1v) is 11.9. The third-order valence-electron chi connectivity index (χ3n) is 6.93. The number of aromatic nitrogens is 3. The molecule has 1 aromatic heterocycles. The van der Waals surface area contributed by atoms with Gasteiger partial charge in [-0.15, -0.1) is 5.10 Å². The highest BCUT2D eigenvalue weighted by molar-refractivity contribution is 5.32. The zero-order valence-corrected chi connectivity index (χ0v) is 19.7. The maximum Gasteiger partial charge on any atom is 0.269 e. The molecule has 186 valence electrons. The molecule has 2 aromatic rings. The van der Waals surface area contributed by atoms with E-state index in [9.17, 15) is 20.3 Å². The third kappa shape index (κ3) is 5.97. The fraction of sp³-hybridized carbons (Fsp3) is 0.652. The number of non-ortho nitro benzene ring substituents is 1. The number of nitrogens with zero attached hydrogens (tertiary/aromatic N) is 6. The van der Waals surface area contributed by atoms with Crippen molar-refractivity contribution in [2.75, 3.05) is 20.1 Å². The molecule has 3 heterocycles. The zero-order valence-electron chi connectivity index (χ0n) is 19.7. The summed E-state index contributed by atoms with van der Waals surface area (Å²) < 4.78 is 7.18. The van der Waals surface area contributed by atoms with Gasteiger partial charge >= 0.3 is 0 Å². The molecule has 2 saturated heterocycles. The van der Waals surface area contributed by atoms with Crippen LogP contribution >= 0.6 is 0 Å². The Morgan fingerprint density at radius 3 is 2.79 bits per heavy atom. The Kier molecular flexibility index (Phi) is 7.89. The zero-order chi connectivity index (χ0) is 24.2. The predicted octanol–water partition coefficient (Wildman–Crippen LogP) is 1.18. The van der Waals surface area contributed by atoms with E-state index in [2.05, 4.69) is 20.1 Å². The predicted molar refractivity (Wildman–Crippen MR) is 124 cm³/mol. The summed E-state index contributed by atoms with van der Waals surface area (Å²) in [5, 5.41) is 39.7. The Morgan fingerprint density at radius 1 is 1.29 bits per heavy atom. The smallest absolute Gasteiger partial charge is 0.269 e. The van der Waals surface area contributed by atoms with Crippen molar-refractivity contribution in [3.8, 4) is 0 Å². The highest BCUT2D eigenvalue weighted by atomic mass is 16.6. The molecular formula is C23H34N6O5. The lowest BCUT2D eigenvalue weighted by Gasteiger charge is -2.40. The molecule has 0 unspecified atom stereocenters. The van der Waals surface area contributed by atoms with Gasteiger partial charge < -0.3 is 19.8 Å². The van der Waals surface area contributed by atoms with Crippen molar-refractivity contribution in [3.05, 3.63) is 51.8 Å². The summed E-state index contributed by atoms with van der Waals surface area (Å²) in [5.74, 6) is 0. The lowest BCUT2D eigenvalue weighted by molar-refractivity contribution is -0.384. The summed E-state index contributed by atoms with van der Waals surface area (Å²) in [6.45, 7) is 5.08. The molecule has 0 bridgehead atoms. The van der Waals surface area contributed by atoms with Crippen LogP contribution in [-0.2, 0) is 24.2 Å². The molecular weight excluding hydrogens is 440 g/mol. The van der Waals surface area contributed by atoms with Gasteiger partial charge in [-0.05, 0) is 45.3 Å². The van der Waals surface area contributed by atoms with Crippen molar-refractivity contribution in [2.45, 2.75) is 76.3 Å². The first-order valence-electron chi connectivity index (χ1n) is 11.9. The number of likely N-dealkylation sites (tertiary alicyclic amines) is 1. The number of hydrogen-bond donors (Lipinski definition) is 2. The standard InChI is InChI=1S/C23H34N6O5/c1-16-12-21(22(30)23(31)34-16)26(2)11-9-18-14-28(25-24-18)15-20-4-3-10-27(20)13-17-5-7-19(8-6-17)29(32)33/h5-8,14,16,20-23,30-31H,3-4,9-13,15H2,1-2H3/t16-,20-,21+,22-,23-/m1/s1. The van der Waals surface area contributed by atoms with Gasteiger partial charge in [0.2, 0.25) is 0 Å². The average Bonchev–Trinajstić information content (AvgIpc) is 3.44. The lowest BCUT2D eigenvalue weighted by atomic mass is 9.99. The fourth-order valence-corrected chi connectivity index (χ4v) is 4.97. The van der Waals surface area contributed by atoms with Gasteiger partial charge in [0.1, 0.15) is 6.10 Å². The van der Waals surface area contributed by atoms with Crippen molar-refractivity contribution in [3.63, 3.8) is 0 Å². The van der Waals surface area contributed by atoms with Crippen LogP contribution in [0.25, 0.3) is 0 Å². The molecule has 0 aliphatic carbocycles. The summed E-state index contributed by atoms with van der Waals surface area (Å²) in [6, 6.07) is 6.94. The van der Waals surface area contributed by atoms with Crippen LogP contribution in [0.15, 0.2) is 30.5 Å². The summed E-state index contributed by atoms with van der Waals surface area (Å²) in [7, 11) is 1.94. The van der Waals surface area contributed by atoms with Crippen molar-refractivity contribution in [2.24, 2.45) is 0 Å². The van der Waals surface area contributed by atoms with Crippen LogP contribution in [0, 0.1) is 10.1 Å². The molecule has 0 spiro atoms. The lowest BCUT2D eigenvalue weighted by Crippen LogP contribution is -2.54. The Balaban J connectivity index is 1.28. The van der Waals surface area contributed by atoms with Crippen LogP contribution < -0.4 is 0 Å². The van der Waals surface area contributed by atoms with Gasteiger partial charge in [-0.25, -0.2) is 0 Å². The van der Waals surface area contributed by atoms with E-state index in [0.29, 0.717) is 25.4 Å². The fourth-order valence-electron chi connectivity index (χ4n) is 4.97. The van der Waals surface area contributed by atoms with Gasteiger partial charge in [-0.1, -0.05) is 17.3 Å². The number of ether oxygens (including phenoxy) is 1. The SMILES string of the molecule is C[C@@H]1C[C@H](N(C)CCc2cn(C[C@H]3CCCN3Cc3ccc([N+](=O)[O-])cc3)nn2)[C@@H](O)[C@H](O)O1. The minimum absolute atomic E-state index is 0.105. The Bertz CT molecular complexity index is 954. The molecule has 2 N–H and O–H groups in total. The minimum Gasteiger partial charge on any atom is -0.386 e. The molecule has 11 heteroatoms. The molecule has 2 aliphatic heterocycles. The molecule has 2 aliphatic rings. The van der Waals surface area contributed by atoms with Crippen LogP contribution in [0.4, 0.5) is 5.69 Å². The molecule has 0 radical (unpaired) electrons. The molecule has 2 fully saturated rings. The largest absolute Gasteiger partial charge is 0.386 e. The van der Waals surface area contributed by atoms with E-state index in [1.165, 1.54) is 0 Å². The summed E-state index contributed by atoms with van der Waals surface area (Å²) >= 11 is 0. The van der Waals surface area contributed by atoms with E-state index < -0.39 is 12.4 Å². The summed E-state index contributed by atoms with van der Waals surface area (Å²) in [6.07, 6.45) is 3.34. The number of hydrogen-bond acceptors (Lipinski definition) is 9. The van der Waals surface area contributed by atoms with Crippen LogP contribution in [0.3, 0.4) is 0 Å². The van der Waals surface area contributed by atoms with Crippen molar-refractivity contribution in [1.82, 2.24) is 24.8 Å². The van der Waals surface area contributed by atoms with Crippen molar-refractivity contribution >= 4 is 5.69 Å². The van der Waals surface area contributed by atoms with Crippen LogP contribution in [0.1, 0.15) is 37.4 Å². The number of aliphatic hydroxyl groups is 2. The van der Waals surface area contributed by atoms with Crippen molar-refractivity contribution < 1.29 is 19.9 Å². The minimum atomic E-state index is -1.16. The first kappa shape index (κ1) is 24.7. The molecule has 0 saturated carbocycles. The molecule has 0 amide bonds. The van der Waals surface area contributed by atoms with Gasteiger partial charge in [-0.2, -0.15) is 0 Å². The summed E-state index contributed by atoms with van der Waals surface area (Å²) in [4.78, 5) is 14.9. The quantitative estimate of drug-likeness (QED) is 0.406. The van der Waals surface area contributed by atoms with Gasteiger partial charge in [0, 0.05) is 49.9 Å². The van der Waals surface area contributed by atoms with E-state index in [1.54, 1.807) is 12.1 Å². The molecule has 1 aromatic carbocycles. The normalized spacial score (nSPS) is 28.0. The second-order valence-corrected chi connectivity index (χ2v) is 9.48. The molecule has 34 heavy (non-hydrogen) atoms. The van der Waals surface area contributed by atoms with Gasteiger partial charge in [0.05, 0.1) is 23.3 Å². The Labute approximate surface area is 199 Å². The maximum atomic E-state index is 10.9.